The highest BCUT2D eigenvalue weighted by Crippen LogP contribution is 2.38. The number of carbonyl (C=O) groups is 2. The fraction of sp³-hybridized carbons (Fsp3) is 0.364. The molecule has 9 nitrogen and oxygen atoms in total. The van der Waals surface area contributed by atoms with Gasteiger partial charge in [-0.3, -0.25) is 4.79 Å². The summed E-state index contributed by atoms with van der Waals surface area (Å²) >= 11 is 1.09. The lowest BCUT2D eigenvalue weighted by molar-refractivity contribution is 0.0527. The molecular weight excluding hydrogens is 464 g/mol. The molecule has 11 heteroatoms. The lowest BCUT2D eigenvalue weighted by Crippen LogP contribution is -2.20. The van der Waals surface area contributed by atoms with Gasteiger partial charge in [-0.25, -0.2) is 13.2 Å². The molecule has 0 radical (unpaired) electrons. The molecule has 174 valence electrons. The Balaban J connectivity index is 1.68. The molecule has 2 aromatic heterocycles. The number of carbonyl (C=O) groups excluding carboxylic acids is 2. The normalized spacial score (nSPS) is 14.5. The minimum atomic E-state index is -3.24. The first-order valence-corrected chi connectivity index (χ1v) is 13.1. The highest BCUT2D eigenvalue weighted by atomic mass is 32.2. The second kappa shape index (κ2) is 8.71. The number of hydrogen-bond donors (Lipinski definition) is 1. The molecule has 0 atom stereocenters. The Labute approximate surface area is 195 Å². The Morgan fingerprint density at radius 2 is 1.97 bits per heavy atom. The summed E-state index contributed by atoms with van der Waals surface area (Å²) in [6.45, 7) is 7.47. The molecule has 0 saturated carbocycles. The molecule has 4 rings (SSSR count). The van der Waals surface area contributed by atoms with Crippen molar-refractivity contribution in [1.29, 1.82) is 0 Å². The Bertz CT molecular complexity index is 1370. The summed E-state index contributed by atoms with van der Waals surface area (Å²) in [6.07, 6.45) is 0.208. The number of anilines is 1. The maximum absolute atomic E-state index is 13.1. The second-order valence-electron chi connectivity index (χ2n) is 7.94. The Hall–Kier alpha value is -3.05. The maximum Gasteiger partial charge on any atom is 0.341 e. The summed E-state index contributed by atoms with van der Waals surface area (Å²) in [5.74, 6) is -1.31. The van der Waals surface area contributed by atoms with E-state index >= 15 is 0 Å². The van der Waals surface area contributed by atoms with Gasteiger partial charge in [-0.2, -0.15) is 9.90 Å². The first-order chi connectivity index (χ1) is 15.6. The van der Waals surface area contributed by atoms with E-state index in [0.29, 0.717) is 16.1 Å². The van der Waals surface area contributed by atoms with E-state index < -0.39 is 21.7 Å². The van der Waals surface area contributed by atoms with E-state index in [0.717, 1.165) is 28.2 Å². The minimum Gasteiger partial charge on any atom is -0.462 e. The Morgan fingerprint density at radius 3 is 2.67 bits per heavy atom. The molecule has 3 heterocycles. The van der Waals surface area contributed by atoms with E-state index in [1.165, 1.54) is 4.80 Å². The van der Waals surface area contributed by atoms with Gasteiger partial charge in [0.2, 0.25) is 0 Å². The molecule has 0 aliphatic carbocycles. The fourth-order valence-electron chi connectivity index (χ4n) is 3.82. The van der Waals surface area contributed by atoms with Crippen LogP contribution in [0.3, 0.4) is 0 Å². The zero-order valence-electron chi connectivity index (χ0n) is 18.8. The number of aromatic nitrogens is 3. The van der Waals surface area contributed by atoms with Crippen LogP contribution in [0, 0.1) is 20.8 Å². The van der Waals surface area contributed by atoms with Crippen molar-refractivity contribution in [3.05, 3.63) is 56.7 Å². The van der Waals surface area contributed by atoms with Crippen LogP contribution in [0.5, 0.6) is 0 Å². The van der Waals surface area contributed by atoms with E-state index in [9.17, 15) is 18.0 Å². The fourth-order valence-corrected chi connectivity index (χ4v) is 6.85. The number of rotatable bonds is 5. The summed E-state index contributed by atoms with van der Waals surface area (Å²) in [5.41, 5.74) is 4.21. The van der Waals surface area contributed by atoms with Gasteiger partial charge in [0.25, 0.3) is 5.91 Å². The molecule has 1 aliphatic rings. The number of esters is 1. The number of hydrogen-bond acceptors (Lipinski definition) is 8. The van der Waals surface area contributed by atoms with E-state index in [4.69, 9.17) is 4.74 Å². The van der Waals surface area contributed by atoms with Gasteiger partial charge in [0, 0.05) is 4.88 Å². The third kappa shape index (κ3) is 4.55. The van der Waals surface area contributed by atoms with Gasteiger partial charge >= 0.3 is 5.97 Å². The van der Waals surface area contributed by atoms with Crippen LogP contribution in [-0.4, -0.2) is 47.6 Å². The first-order valence-electron chi connectivity index (χ1n) is 10.4. The average molecular weight is 489 g/mol. The zero-order valence-corrected chi connectivity index (χ0v) is 20.4. The quantitative estimate of drug-likeness (QED) is 0.548. The van der Waals surface area contributed by atoms with Crippen LogP contribution in [-0.2, 0) is 26.7 Å². The van der Waals surface area contributed by atoms with Crippen LogP contribution in [0.2, 0.25) is 0 Å². The smallest absolute Gasteiger partial charge is 0.341 e. The van der Waals surface area contributed by atoms with Gasteiger partial charge in [0.05, 0.1) is 35.1 Å². The van der Waals surface area contributed by atoms with Gasteiger partial charge in [0.1, 0.15) is 5.00 Å². The number of sulfone groups is 1. The Kier molecular flexibility index (Phi) is 6.10. The van der Waals surface area contributed by atoms with E-state index in [2.05, 4.69) is 15.5 Å². The third-order valence-corrected chi connectivity index (χ3v) is 8.26. The minimum absolute atomic E-state index is 0.0418. The molecule has 1 amide bonds. The summed E-state index contributed by atoms with van der Waals surface area (Å²) in [7, 11) is -3.24. The molecule has 1 aliphatic heterocycles. The average Bonchev–Trinajstić information content (AvgIpc) is 3.27. The van der Waals surface area contributed by atoms with Gasteiger partial charge in [0.15, 0.2) is 15.5 Å². The van der Waals surface area contributed by atoms with Gasteiger partial charge < -0.3 is 10.1 Å². The molecule has 3 aromatic rings. The van der Waals surface area contributed by atoms with Gasteiger partial charge in [-0.15, -0.1) is 16.4 Å². The van der Waals surface area contributed by atoms with Gasteiger partial charge in [-0.1, -0.05) is 17.7 Å². The highest BCUT2D eigenvalue weighted by molar-refractivity contribution is 7.90. The van der Waals surface area contributed by atoms with Crippen molar-refractivity contribution in [2.75, 3.05) is 17.7 Å². The van der Waals surface area contributed by atoms with E-state index in [-0.39, 0.29) is 40.8 Å². The second-order valence-corrected chi connectivity index (χ2v) is 11.2. The van der Waals surface area contributed by atoms with Gasteiger partial charge in [-0.05, 0) is 51.3 Å². The molecule has 0 saturated heterocycles. The maximum atomic E-state index is 13.1. The number of fused-ring (bicyclic) bond motifs is 1. The van der Waals surface area contributed by atoms with Crippen molar-refractivity contribution >= 4 is 38.1 Å². The van der Waals surface area contributed by atoms with Crippen molar-refractivity contribution in [3.63, 3.8) is 0 Å². The molecule has 0 bridgehead atoms. The lowest BCUT2D eigenvalue weighted by Gasteiger charge is -2.13. The number of ether oxygens (including phenoxy) is 1. The monoisotopic (exact) mass is 488 g/mol. The van der Waals surface area contributed by atoms with Crippen LogP contribution >= 0.6 is 11.3 Å². The van der Waals surface area contributed by atoms with Crippen LogP contribution in [0.1, 0.15) is 55.0 Å². The topological polar surface area (TPSA) is 120 Å². The summed E-state index contributed by atoms with van der Waals surface area (Å²) in [6, 6.07) is 5.83. The summed E-state index contributed by atoms with van der Waals surface area (Å²) in [4.78, 5) is 27.7. The number of nitrogens with one attached hydrogen (secondary N) is 1. The van der Waals surface area contributed by atoms with E-state index in [1.807, 2.05) is 32.0 Å². The predicted molar refractivity (Wildman–Crippen MR) is 125 cm³/mol. The van der Waals surface area contributed by atoms with Crippen molar-refractivity contribution in [1.82, 2.24) is 15.0 Å². The predicted octanol–water partition coefficient (Wildman–Crippen LogP) is 3.15. The molecule has 1 aromatic carbocycles. The van der Waals surface area contributed by atoms with Crippen molar-refractivity contribution in [2.45, 2.75) is 39.9 Å². The van der Waals surface area contributed by atoms with E-state index in [1.54, 1.807) is 13.8 Å². The van der Waals surface area contributed by atoms with Crippen molar-refractivity contribution in [2.24, 2.45) is 0 Å². The molecule has 0 unspecified atom stereocenters. The van der Waals surface area contributed by atoms with Crippen LogP contribution in [0.4, 0.5) is 5.00 Å². The van der Waals surface area contributed by atoms with Crippen molar-refractivity contribution < 1.29 is 22.7 Å². The summed E-state index contributed by atoms with van der Waals surface area (Å²) < 4.78 is 29.3. The summed E-state index contributed by atoms with van der Waals surface area (Å²) in [5, 5.41) is 11.8. The number of benzene rings is 1. The number of amides is 1. The SMILES string of the molecule is CCOC(=O)c1c(NC(=O)c2nn(-c3ccc(C)cc3C)nc2C)sc2c1CCS(=O)(=O)C2. The third-order valence-electron chi connectivity index (χ3n) is 5.38. The van der Waals surface area contributed by atoms with Crippen LogP contribution < -0.4 is 5.32 Å². The zero-order chi connectivity index (χ0) is 23.9. The Morgan fingerprint density at radius 1 is 1.21 bits per heavy atom. The largest absolute Gasteiger partial charge is 0.462 e. The van der Waals surface area contributed by atoms with Crippen LogP contribution in [0.15, 0.2) is 18.2 Å². The molecule has 1 N–H and O–H groups in total. The molecule has 0 spiro atoms. The number of aryl methyl sites for hydroxylation is 3. The standard InChI is InChI=1S/C22H24N4O5S2/c1-5-31-22(28)18-15-8-9-33(29,30)11-17(15)32-21(18)23-20(27)19-14(4)24-26(25-19)16-7-6-12(2)10-13(16)3/h6-7,10H,5,8-9,11H2,1-4H3,(H,23,27). The lowest BCUT2D eigenvalue weighted by atomic mass is 10.1. The molecule has 33 heavy (non-hydrogen) atoms. The first kappa shape index (κ1) is 23.1. The number of thiophene rings is 1. The number of nitrogens with zero attached hydrogens (tertiary/aromatic N) is 3. The molecule has 0 fully saturated rings. The van der Waals surface area contributed by atoms with Crippen LogP contribution in [0.25, 0.3) is 5.69 Å². The van der Waals surface area contributed by atoms with Crippen molar-refractivity contribution in [3.8, 4) is 5.69 Å². The molecular formula is C22H24N4O5S2. The highest BCUT2D eigenvalue weighted by Gasteiger charge is 2.32.